The molecular weight excluding hydrogens is 240 g/mol. The standard InChI is InChI=1S/C16H20O3/c1-15(2)10-11-9-12(5-6-13(11)19-15)16(14(17)18)7-3-4-8-16/h5-6,9H,3-4,7-8,10H2,1-2H3,(H,17,18). The van der Waals surface area contributed by atoms with Gasteiger partial charge >= 0.3 is 5.97 Å². The molecule has 2 aliphatic rings. The van der Waals surface area contributed by atoms with Gasteiger partial charge in [0.25, 0.3) is 0 Å². The summed E-state index contributed by atoms with van der Waals surface area (Å²) in [5, 5.41) is 9.64. The molecule has 0 atom stereocenters. The lowest BCUT2D eigenvalue weighted by atomic mass is 9.78. The molecule has 0 bridgehead atoms. The number of carboxylic acids is 1. The summed E-state index contributed by atoms with van der Waals surface area (Å²) in [6.07, 6.45) is 4.37. The van der Waals surface area contributed by atoms with E-state index in [1.54, 1.807) is 0 Å². The molecule has 1 heterocycles. The molecule has 1 aliphatic carbocycles. The highest BCUT2D eigenvalue weighted by Crippen LogP contribution is 2.44. The van der Waals surface area contributed by atoms with Crippen molar-refractivity contribution in [2.75, 3.05) is 0 Å². The zero-order chi connectivity index (χ0) is 13.7. The Balaban J connectivity index is 2.02. The molecule has 0 saturated heterocycles. The first kappa shape index (κ1) is 12.5. The van der Waals surface area contributed by atoms with Crippen molar-refractivity contribution in [3.05, 3.63) is 29.3 Å². The number of rotatable bonds is 2. The Bertz CT molecular complexity index is 525. The van der Waals surface area contributed by atoms with Crippen molar-refractivity contribution in [3.63, 3.8) is 0 Å². The Morgan fingerprint density at radius 1 is 1.26 bits per heavy atom. The lowest BCUT2D eigenvalue weighted by Gasteiger charge is -2.24. The molecule has 1 N–H and O–H groups in total. The fraction of sp³-hybridized carbons (Fsp3) is 0.562. The predicted molar refractivity (Wildman–Crippen MR) is 72.6 cm³/mol. The summed E-state index contributed by atoms with van der Waals surface area (Å²) in [5.74, 6) is 0.232. The van der Waals surface area contributed by atoms with E-state index in [2.05, 4.69) is 19.9 Å². The summed E-state index contributed by atoms with van der Waals surface area (Å²) >= 11 is 0. The van der Waals surface area contributed by atoms with Crippen LogP contribution in [-0.4, -0.2) is 16.7 Å². The molecule has 1 aromatic rings. The minimum Gasteiger partial charge on any atom is -0.487 e. The van der Waals surface area contributed by atoms with E-state index in [9.17, 15) is 9.90 Å². The van der Waals surface area contributed by atoms with Crippen molar-refractivity contribution >= 4 is 5.97 Å². The van der Waals surface area contributed by atoms with E-state index in [0.717, 1.165) is 49.0 Å². The molecule has 1 fully saturated rings. The largest absolute Gasteiger partial charge is 0.487 e. The number of carboxylic acid groups (broad SMARTS) is 1. The van der Waals surface area contributed by atoms with Crippen LogP contribution in [0.2, 0.25) is 0 Å². The summed E-state index contributed by atoms with van der Waals surface area (Å²) in [7, 11) is 0. The second-order valence-electron chi connectivity index (χ2n) is 6.46. The first-order valence-electron chi connectivity index (χ1n) is 6.99. The average Bonchev–Trinajstić information content (AvgIpc) is 2.90. The highest BCUT2D eigenvalue weighted by molar-refractivity contribution is 5.82. The molecule has 0 amide bonds. The molecule has 102 valence electrons. The van der Waals surface area contributed by atoms with Gasteiger partial charge in [0.15, 0.2) is 0 Å². The van der Waals surface area contributed by atoms with Gasteiger partial charge in [-0.3, -0.25) is 4.79 Å². The van der Waals surface area contributed by atoms with Gasteiger partial charge in [-0.2, -0.15) is 0 Å². The molecule has 0 aromatic heterocycles. The van der Waals surface area contributed by atoms with E-state index in [1.165, 1.54) is 0 Å². The highest BCUT2D eigenvalue weighted by Gasteiger charge is 2.43. The Kier molecular flexibility index (Phi) is 2.63. The average molecular weight is 260 g/mol. The third-order valence-electron chi connectivity index (χ3n) is 4.48. The molecule has 0 radical (unpaired) electrons. The lowest BCUT2D eigenvalue weighted by Crippen LogP contribution is -2.32. The Morgan fingerprint density at radius 2 is 1.95 bits per heavy atom. The Hall–Kier alpha value is -1.51. The summed E-state index contributed by atoms with van der Waals surface area (Å²) in [4.78, 5) is 11.7. The molecule has 1 aliphatic heterocycles. The van der Waals surface area contributed by atoms with Crippen LogP contribution in [0.3, 0.4) is 0 Å². The molecular formula is C16H20O3. The number of fused-ring (bicyclic) bond motifs is 1. The summed E-state index contributed by atoms with van der Waals surface area (Å²) in [6.45, 7) is 4.13. The maximum atomic E-state index is 11.7. The van der Waals surface area contributed by atoms with E-state index in [1.807, 2.05) is 12.1 Å². The fourth-order valence-corrected chi connectivity index (χ4v) is 3.51. The van der Waals surface area contributed by atoms with Gasteiger partial charge in [-0.1, -0.05) is 25.0 Å². The molecule has 19 heavy (non-hydrogen) atoms. The normalized spacial score (nSPS) is 22.8. The first-order valence-corrected chi connectivity index (χ1v) is 6.99. The van der Waals surface area contributed by atoms with Gasteiger partial charge in [-0.15, -0.1) is 0 Å². The minimum absolute atomic E-state index is 0.174. The van der Waals surface area contributed by atoms with Crippen LogP contribution in [0, 0.1) is 0 Å². The van der Waals surface area contributed by atoms with E-state index in [0.29, 0.717) is 0 Å². The van der Waals surface area contributed by atoms with Gasteiger partial charge in [0, 0.05) is 6.42 Å². The minimum atomic E-state index is -0.678. The van der Waals surface area contributed by atoms with Crippen LogP contribution in [0.5, 0.6) is 5.75 Å². The van der Waals surface area contributed by atoms with Crippen LogP contribution < -0.4 is 4.74 Å². The first-order chi connectivity index (χ1) is 8.93. The van der Waals surface area contributed by atoms with Gasteiger partial charge in [0.2, 0.25) is 0 Å². The molecule has 1 aromatic carbocycles. The maximum Gasteiger partial charge on any atom is 0.314 e. The smallest absolute Gasteiger partial charge is 0.314 e. The number of benzene rings is 1. The van der Waals surface area contributed by atoms with E-state index < -0.39 is 11.4 Å². The molecule has 3 rings (SSSR count). The van der Waals surface area contributed by atoms with Crippen LogP contribution in [0.4, 0.5) is 0 Å². The lowest BCUT2D eigenvalue weighted by molar-refractivity contribution is -0.143. The van der Waals surface area contributed by atoms with Crippen LogP contribution in [-0.2, 0) is 16.6 Å². The van der Waals surface area contributed by atoms with Crippen molar-refractivity contribution in [1.82, 2.24) is 0 Å². The van der Waals surface area contributed by atoms with Crippen LogP contribution in [0.15, 0.2) is 18.2 Å². The molecule has 0 unspecified atom stereocenters. The number of carbonyl (C=O) groups is 1. The second kappa shape index (κ2) is 3.99. The van der Waals surface area contributed by atoms with E-state index in [-0.39, 0.29) is 5.60 Å². The van der Waals surface area contributed by atoms with Crippen LogP contribution in [0.1, 0.15) is 50.7 Å². The third kappa shape index (κ3) is 1.92. The topological polar surface area (TPSA) is 46.5 Å². The number of aliphatic carboxylic acids is 1. The summed E-state index contributed by atoms with van der Waals surface area (Å²) in [5.41, 5.74) is 1.27. The van der Waals surface area contributed by atoms with Crippen molar-refractivity contribution in [1.29, 1.82) is 0 Å². The van der Waals surface area contributed by atoms with Gasteiger partial charge < -0.3 is 9.84 Å². The number of hydrogen-bond donors (Lipinski definition) is 1. The van der Waals surface area contributed by atoms with Crippen molar-refractivity contribution in [3.8, 4) is 5.75 Å². The molecule has 1 saturated carbocycles. The monoisotopic (exact) mass is 260 g/mol. The maximum absolute atomic E-state index is 11.7. The zero-order valence-corrected chi connectivity index (χ0v) is 11.5. The SMILES string of the molecule is CC1(C)Cc2cc(C3(C(=O)O)CCCC3)ccc2O1. The van der Waals surface area contributed by atoms with Crippen molar-refractivity contribution < 1.29 is 14.6 Å². The molecule has 3 nitrogen and oxygen atoms in total. The van der Waals surface area contributed by atoms with Gasteiger partial charge in [0.1, 0.15) is 11.4 Å². The van der Waals surface area contributed by atoms with Gasteiger partial charge in [0.05, 0.1) is 5.41 Å². The highest BCUT2D eigenvalue weighted by atomic mass is 16.5. The number of hydrogen-bond acceptors (Lipinski definition) is 2. The quantitative estimate of drug-likeness (QED) is 0.887. The zero-order valence-electron chi connectivity index (χ0n) is 11.5. The Labute approximate surface area is 113 Å². The van der Waals surface area contributed by atoms with Gasteiger partial charge in [-0.05, 0) is 43.9 Å². The third-order valence-corrected chi connectivity index (χ3v) is 4.48. The Morgan fingerprint density at radius 3 is 2.58 bits per heavy atom. The second-order valence-corrected chi connectivity index (χ2v) is 6.46. The molecule has 3 heteroatoms. The van der Waals surface area contributed by atoms with E-state index in [4.69, 9.17) is 4.74 Å². The van der Waals surface area contributed by atoms with Crippen molar-refractivity contribution in [2.24, 2.45) is 0 Å². The summed E-state index contributed by atoms with van der Waals surface area (Å²) < 4.78 is 5.86. The van der Waals surface area contributed by atoms with E-state index >= 15 is 0 Å². The predicted octanol–water partition coefficient (Wildman–Crippen LogP) is 3.30. The molecule has 0 spiro atoms. The van der Waals surface area contributed by atoms with Crippen LogP contribution in [0.25, 0.3) is 0 Å². The van der Waals surface area contributed by atoms with Gasteiger partial charge in [-0.25, -0.2) is 0 Å². The fourth-order valence-electron chi connectivity index (χ4n) is 3.51. The number of ether oxygens (including phenoxy) is 1. The van der Waals surface area contributed by atoms with Crippen LogP contribution >= 0.6 is 0 Å². The van der Waals surface area contributed by atoms with Crippen molar-refractivity contribution in [2.45, 2.75) is 57.0 Å². The summed E-state index contributed by atoms with van der Waals surface area (Å²) in [6, 6.07) is 5.95.